The minimum absolute atomic E-state index is 0.278. The molecule has 8 heteroatoms. The van der Waals surface area contributed by atoms with Gasteiger partial charge in [-0.2, -0.15) is 9.61 Å². The molecule has 0 bridgehead atoms. The highest BCUT2D eigenvalue weighted by Crippen LogP contribution is 2.26. The van der Waals surface area contributed by atoms with Crippen molar-refractivity contribution in [3.05, 3.63) is 76.9 Å². The molecule has 4 rings (SSSR count). The first-order chi connectivity index (χ1) is 13.1. The molecule has 0 saturated carbocycles. The Balaban J connectivity index is 1.71. The summed E-state index contributed by atoms with van der Waals surface area (Å²) in [5.41, 5.74) is 3.27. The molecule has 1 aromatic carbocycles. The van der Waals surface area contributed by atoms with Gasteiger partial charge >= 0.3 is 0 Å². The molecule has 0 aliphatic heterocycles. The van der Waals surface area contributed by atoms with E-state index < -0.39 is 0 Å². The third-order valence-electron chi connectivity index (χ3n) is 4.09. The van der Waals surface area contributed by atoms with E-state index >= 15 is 0 Å². The molecule has 0 fully saturated rings. The van der Waals surface area contributed by atoms with Crippen LogP contribution in [-0.4, -0.2) is 21.7 Å². The molecule has 0 atom stereocenters. The van der Waals surface area contributed by atoms with Crippen molar-refractivity contribution in [2.45, 2.75) is 6.54 Å². The summed E-state index contributed by atoms with van der Waals surface area (Å²) >= 11 is 3.48. The topological polar surface area (TPSA) is 55.3 Å². The van der Waals surface area contributed by atoms with Gasteiger partial charge in [0.15, 0.2) is 5.65 Å². The van der Waals surface area contributed by atoms with E-state index in [0.717, 1.165) is 27.1 Å². The number of nitrogens with zero attached hydrogens (tertiary/aromatic N) is 4. The van der Waals surface area contributed by atoms with Crippen molar-refractivity contribution in [3.63, 3.8) is 0 Å². The van der Waals surface area contributed by atoms with Crippen molar-refractivity contribution in [1.82, 2.24) is 14.6 Å². The van der Waals surface area contributed by atoms with Crippen LogP contribution in [0.5, 0.6) is 0 Å². The van der Waals surface area contributed by atoms with E-state index in [1.165, 1.54) is 12.1 Å². The molecule has 0 amide bonds. The van der Waals surface area contributed by atoms with Crippen molar-refractivity contribution in [2.75, 3.05) is 12.4 Å². The lowest BCUT2D eigenvalue weighted by atomic mass is 10.1. The number of benzene rings is 1. The van der Waals surface area contributed by atoms with Gasteiger partial charge in [0.1, 0.15) is 18.7 Å². The van der Waals surface area contributed by atoms with Crippen LogP contribution in [0, 0.1) is 5.82 Å². The molecular formula is C19H16BrFN5O+. The SMILES string of the molecule is CO[n+]1cccc(CNc2cc(-c3ccc(F)cc3)nc3c(Br)cnn23)c1. The normalized spacial score (nSPS) is 10.9. The number of rotatable bonds is 5. The Morgan fingerprint density at radius 2 is 2.07 bits per heavy atom. The van der Waals surface area contributed by atoms with Gasteiger partial charge in [-0.1, -0.05) is 0 Å². The standard InChI is InChI=1S/C19H16BrFN5O/c1-27-25-8-2-3-13(12-25)10-22-18-9-17(14-4-6-15(21)7-5-14)24-19-16(20)11-23-26(18)19/h2-9,11-12,22H,10H2,1H3/q+1. The molecule has 4 aromatic rings. The van der Waals surface area contributed by atoms with Crippen LogP contribution in [0.2, 0.25) is 0 Å². The zero-order valence-corrected chi connectivity index (χ0v) is 16.0. The number of nitrogens with one attached hydrogen (secondary N) is 1. The monoisotopic (exact) mass is 428 g/mol. The van der Waals surface area contributed by atoms with Gasteiger partial charge in [0.2, 0.25) is 12.4 Å². The summed E-state index contributed by atoms with van der Waals surface area (Å²) in [6, 6.07) is 12.1. The van der Waals surface area contributed by atoms with Crippen LogP contribution < -0.4 is 14.9 Å². The zero-order valence-electron chi connectivity index (χ0n) is 14.4. The number of anilines is 1. The predicted octanol–water partition coefficient (Wildman–Crippen LogP) is 3.26. The van der Waals surface area contributed by atoms with Gasteiger partial charge in [-0.15, -0.1) is 0 Å². The second-order valence-corrected chi connectivity index (χ2v) is 6.72. The van der Waals surface area contributed by atoms with E-state index in [0.29, 0.717) is 12.2 Å². The minimum Gasteiger partial charge on any atom is -0.366 e. The van der Waals surface area contributed by atoms with E-state index in [1.54, 1.807) is 34.7 Å². The first-order valence-corrected chi connectivity index (χ1v) is 9.02. The van der Waals surface area contributed by atoms with Crippen LogP contribution >= 0.6 is 15.9 Å². The molecule has 1 N–H and O–H groups in total. The second kappa shape index (κ2) is 7.32. The van der Waals surface area contributed by atoms with Gasteiger partial charge in [0, 0.05) is 34.5 Å². The fraction of sp³-hybridized carbons (Fsp3) is 0.105. The Hall–Kier alpha value is -3.00. The highest BCUT2D eigenvalue weighted by Gasteiger charge is 2.12. The van der Waals surface area contributed by atoms with Crippen LogP contribution in [0.1, 0.15) is 5.56 Å². The fourth-order valence-electron chi connectivity index (χ4n) is 2.74. The van der Waals surface area contributed by atoms with E-state index in [-0.39, 0.29) is 5.82 Å². The Morgan fingerprint density at radius 1 is 1.26 bits per heavy atom. The van der Waals surface area contributed by atoms with E-state index in [9.17, 15) is 4.39 Å². The molecule has 136 valence electrons. The first-order valence-electron chi connectivity index (χ1n) is 8.23. The summed E-state index contributed by atoms with van der Waals surface area (Å²) in [6.45, 7) is 0.573. The summed E-state index contributed by atoms with van der Waals surface area (Å²) in [5.74, 6) is 0.497. The smallest absolute Gasteiger partial charge is 0.227 e. The number of hydrogen-bond donors (Lipinski definition) is 1. The zero-order chi connectivity index (χ0) is 18.8. The molecule has 6 nitrogen and oxygen atoms in total. The Bertz CT molecular complexity index is 1100. The summed E-state index contributed by atoms with van der Waals surface area (Å²) < 4.78 is 17.4. The largest absolute Gasteiger partial charge is 0.366 e. The number of fused-ring (bicyclic) bond motifs is 1. The highest BCUT2D eigenvalue weighted by atomic mass is 79.9. The lowest BCUT2D eigenvalue weighted by molar-refractivity contribution is -0.885. The molecule has 0 aliphatic rings. The van der Waals surface area contributed by atoms with Crippen LogP contribution in [0.3, 0.4) is 0 Å². The third kappa shape index (κ3) is 3.61. The summed E-state index contributed by atoms with van der Waals surface area (Å²) in [6.07, 6.45) is 5.42. The molecule has 0 unspecified atom stereocenters. The van der Waals surface area contributed by atoms with E-state index in [1.807, 2.05) is 30.6 Å². The van der Waals surface area contributed by atoms with Gasteiger partial charge in [-0.3, -0.25) is 4.84 Å². The average molecular weight is 429 g/mol. The van der Waals surface area contributed by atoms with Crippen LogP contribution in [0.25, 0.3) is 16.9 Å². The van der Waals surface area contributed by atoms with Crippen LogP contribution in [0.4, 0.5) is 10.2 Å². The number of aromatic nitrogens is 4. The maximum Gasteiger partial charge on any atom is 0.227 e. The molecule has 3 heterocycles. The maximum atomic E-state index is 13.3. The van der Waals surface area contributed by atoms with Crippen molar-refractivity contribution in [3.8, 4) is 11.3 Å². The average Bonchev–Trinajstić information content (AvgIpc) is 3.08. The van der Waals surface area contributed by atoms with Crippen molar-refractivity contribution >= 4 is 27.4 Å². The van der Waals surface area contributed by atoms with Crippen molar-refractivity contribution in [1.29, 1.82) is 0 Å². The maximum absolute atomic E-state index is 13.3. The predicted molar refractivity (Wildman–Crippen MR) is 103 cm³/mol. The quantitative estimate of drug-likeness (QED) is 0.495. The molecule has 3 aromatic heterocycles. The molecule has 0 radical (unpaired) electrons. The Morgan fingerprint density at radius 3 is 2.85 bits per heavy atom. The Kier molecular flexibility index (Phi) is 4.72. The number of pyridine rings is 1. The van der Waals surface area contributed by atoms with E-state index in [4.69, 9.17) is 4.84 Å². The molecule has 0 spiro atoms. The summed E-state index contributed by atoms with van der Waals surface area (Å²) in [7, 11) is 1.61. The lowest BCUT2D eigenvalue weighted by Crippen LogP contribution is -2.40. The van der Waals surface area contributed by atoms with Crippen LogP contribution in [-0.2, 0) is 6.54 Å². The highest BCUT2D eigenvalue weighted by molar-refractivity contribution is 9.10. The first kappa shape index (κ1) is 17.4. The van der Waals surface area contributed by atoms with Gasteiger partial charge in [-0.05, 0) is 46.3 Å². The number of halogens is 2. The lowest BCUT2D eigenvalue weighted by Gasteiger charge is -2.10. The fourth-order valence-corrected chi connectivity index (χ4v) is 3.09. The number of hydrogen-bond acceptors (Lipinski definition) is 4. The van der Waals surface area contributed by atoms with Gasteiger partial charge in [0.05, 0.1) is 16.4 Å². The van der Waals surface area contributed by atoms with Crippen molar-refractivity contribution in [2.24, 2.45) is 0 Å². The molecule has 0 saturated heterocycles. The summed E-state index contributed by atoms with van der Waals surface area (Å²) in [5, 5.41) is 7.75. The third-order valence-corrected chi connectivity index (χ3v) is 4.65. The summed E-state index contributed by atoms with van der Waals surface area (Å²) in [4.78, 5) is 9.84. The molecular weight excluding hydrogens is 413 g/mol. The van der Waals surface area contributed by atoms with E-state index in [2.05, 4.69) is 31.3 Å². The molecule has 27 heavy (non-hydrogen) atoms. The van der Waals surface area contributed by atoms with Gasteiger partial charge in [0.25, 0.3) is 0 Å². The van der Waals surface area contributed by atoms with Gasteiger partial charge < -0.3 is 5.32 Å². The Labute approximate surface area is 163 Å². The molecule has 0 aliphatic carbocycles. The van der Waals surface area contributed by atoms with Gasteiger partial charge in [-0.25, -0.2) is 9.37 Å². The minimum atomic E-state index is -0.278. The van der Waals surface area contributed by atoms with Crippen molar-refractivity contribution < 1.29 is 14.0 Å². The van der Waals surface area contributed by atoms with Crippen LogP contribution in [0.15, 0.2) is 65.5 Å². The second-order valence-electron chi connectivity index (χ2n) is 5.87.